The lowest BCUT2D eigenvalue weighted by atomic mass is 10.1. The summed E-state index contributed by atoms with van der Waals surface area (Å²) in [6, 6.07) is 8.86. The number of nitrogens with one attached hydrogen (secondary N) is 2. The minimum Gasteiger partial charge on any atom is -0.348 e. The number of piperidine rings is 1. The molecule has 1 aliphatic heterocycles. The van der Waals surface area contributed by atoms with E-state index in [4.69, 9.17) is 0 Å². The second kappa shape index (κ2) is 5.07. The van der Waals surface area contributed by atoms with Gasteiger partial charge >= 0.3 is 0 Å². The lowest BCUT2D eigenvalue weighted by Crippen LogP contribution is -2.49. The van der Waals surface area contributed by atoms with E-state index in [0.29, 0.717) is 25.1 Å². The molecule has 0 aromatic heterocycles. The Morgan fingerprint density at radius 2 is 2.06 bits per heavy atom. The number of benzene rings is 1. The van der Waals surface area contributed by atoms with Crippen molar-refractivity contribution in [2.75, 3.05) is 13.1 Å². The average molecular weight is 222 g/mol. The molecule has 0 saturated carbocycles. The van der Waals surface area contributed by atoms with Gasteiger partial charge in [-0.2, -0.15) is 0 Å². The Morgan fingerprint density at radius 3 is 2.75 bits per heavy atom. The number of hydrogen-bond donors (Lipinski definition) is 2. The van der Waals surface area contributed by atoms with Crippen LogP contribution in [0.4, 0.5) is 4.39 Å². The molecule has 2 rings (SSSR count). The van der Waals surface area contributed by atoms with Gasteiger partial charge in [0.25, 0.3) is 5.91 Å². The maximum Gasteiger partial charge on any atom is 0.251 e. The third kappa shape index (κ3) is 2.79. The predicted octanol–water partition coefficient (Wildman–Crippen LogP) is 1.12. The first-order chi connectivity index (χ1) is 7.75. The van der Waals surface area contributed by atoms with Crippen molar-refractivity contribution in [1.82, 2.24) is 10.6 Å². The van der Waals surface area contributed by atoms with Crippen molar-refractivity contribution in [2.24, 2.45) is 0 Å². The third-order valence-electron chi connectivity index (χ3n) is 2.67. The van der Waals surface area contributed by atoms with Crippen LogP contribution in [0, 0.1) is 0 Å². The average Bonchev–Trinajstić information content (AvgIpc) is 2.30. The van der Waals surface area contributed by atoms with Gasteiger partial charge in [0.2, 0.25) is 0 Å². The number of rotatable bonds is 2. The van der Waals surface area contributed by atoms with Gasteiger partial charge in [-0.25, -0.2) is 4.39 Å². The molecular formula is C12H15FN2O. The van der Waals surface area contributed by atoms with Gasteiger partial charge in [0.15, 0.2) is 0 Å². The minimum absolute atomic E-state index is 0.114. The predicted molar refractivity (Wildman–Crippen MR) is 60.1 cm³/mol. The maximum atomic E-state index is 13.1. The molecule has 0 unspecified atom stereocenters. The summed E-state index contributed by atoms with van der Waals surface area (Å²) in [4.78, 5) is 11.8. The zero-order valence-electron chi connectivity index (χ0n) is 8.95. The number of halogens is 1. The van der Waals surface area contributed by atoms with Crippen molar-refractivity contribution in [3.05, 3.63) is 35.9 Å². The van der Waals surface area contributed by atoms with Crippen LogP contribution in [0.1, 0.15) is 16.8 Å². The highest BCUT2D eigenvalue weighted by molar-refractivity contribution is 5.94. The second-order valence-electron chi connectivity index (χ2n) is 4.03. The van der Waals surface area contributed by atoms with Crippen LogP contribution in [0.15, 0.2) is 30.3 Å². The van der Waals surface area contributed by atoms with Gasteiger partial charge in [-0.1, -0.05) is 18.2 Å². The smallest absolute Gasteiger partial charge is 0.251 e. The molecule has 1 heterocycles. The third-order valence-corrected chi connectivity index (χ3v) is 2.67. The largest absolute Gasteiger partial charge is 0.348 e. The van der Waals surface area contributed by atoms with Crippen LogP contribution in [0.2, 0.25) is 0 Å². The molecule has 3 nitrogen and oxygen atoms in total. The van der Waals surface area contributed by atoms with Crippen LogP contribution in [-0.2, 0) is 0 Å². The topological polar surface area (TPSA) is 41.1 Å². The first-order valence-electron chi connectivity index (χ1n) is 5.46. The molecule has 2 N–H and O–H groups in total. The summed E-state index contributed by atoms with van der Waals surface area (Å²) in [5.74, 6) is -0.137. The van der Waals surface area contributed by atoms with Crippen LogP contribution in [0.25, 0.3) is 0 Å². The molecule has 1 aromatic carbocycles. The molecule has 4 heteroatoms. The molecule has 1 saturated heterocycles. The number of amides is 1. The molecule has 1 fully saturated rings. The SMILES string of the molecule is O=C(N[C@@H]1CNC[C@@H](F)C1)c1ccccc1. The monoisotopic (exact) mass is 222 g/mol. The summed E-state index contributed by atoms with van der Waals surface area (Å²) < 4.78 is 13.1. The van der Waals surface area contributed by atoms with Crippen LogP contribution in [0.5, 0.6) is 0 Å². The molecule has 0 radical (unpaired) electrons. The van der Waals surface area contributed by atoms with Crippen LogP contribution in [-0.4, -0.2) is 31.2 Å². The number of hydrogen-bond acceptors (Lipinski definition) is 2. The van der Waals surface area contributed by atoms with Crippen LogP contribution >= 0.6 is 0 Å². The van der Waals surface area contributed by atoms with E-state index in [1.54, 1.807) is 12.1 Å². The summed E-state index contributed by atoms with van der Waals surface area (Å²) in [7, 11) is 0. The summed E-state index contributed by atoms with van der Waals surface area (Å²) in [5.41, 5.74) is 0.614. The molecule has 16 heavy (non-hydrogen) atoms. The lowest BCUT2D eigenvalue weighted by molar-refractivity contribution is 0.0919. The molecule has 2 atom stereocenters. The summed E-state index contributed by atoms with van der Waals surface area (Å²) in [5, 5.41) is 5.78. The molecule has 1 amide bonds. The maximum absolute atomic E-state index is 13.1. The van der Waals surface area contributed by atoms with Gasteiger partial charge in [0.05, 0.1) is 0 Å². The number of carbonyl (C=O) groups excluding carboxylic acids is 1. The van der Waals surface area contributed by atoms with E-state index >= 15 is 0 Å². The first kappa shape index (κ1) is 11.1. The van der Waals surface area contributed by atoms with Gasteiger partial charge in [0, 0.05) is 31.1 Å². The molecule has 86 valence electrons. The van der Waals surface area contributed by atoms with Crippen molar-refractivity contribution in [3.63, 3.8) is 0 Å². The van der Waals surface area contributed by atoms with E-state index in [2.05, 4.69) is 10.6 Å². The molecule has 0 spiro atoms. The highest BCUT2D eigenvalue weighted by Crippen LogP contribution is 2.07. The van der Waals surface area contributed by atoms with E-state index in [1.807, 2.05) is 18.2 Å². The van der Waals surface area contributed by atoms with Gasteiger partial charge in [0.1, 0.15) is 6.17 Å². The Labute approximate surface area is 94.0 Å². The Balaban J connectivity index is 1.92. The summed E-state index contributed by atoms with van der Waals surface area (Å²) in [6.45, 7) is 1.02. The van der Waals surface area contributed by atoms with Crippen molar-refractivity contribution in [3.8, 4) is 0 Å². The molecule has 1 aromatic rings. The number of alkyl halides is 1. The standard InChI is InChI=1S/C12H15FN2O/c13-10-6-11(8-14-7-10)15-12(16)9-4-2-1-3-5-9/h1-5,10-11,14H,6-8H2,(H,15,16)/t10-,11-/m0/s1. The van der Waals surface area contributed by atoms with E-state index < -0.39 is 6.17 Å². The lowest BCUT2D eigenvalue weighted by Gasteiger charge is -2.26. The second-order valence-corrected chi connectivity index (χ2v) is 4.03. The molecule has 0 bridgehead atoms. The van der Waals surface area contributed by atoms with Gasteiger partial charge < -0.3 is 10.6 Å². The van der Waals surface area contributed by atoms with Crippen molar-refractivity contribution in [2.45, 2.75) is 18.6 Å². The Kier molecular flexibility index (Phi) is 3.51. The first-order valence-corrected chi connectivity index (χ1v) is 5.46. The fraction of sp³-hybridized carbons (Fsp3) is 0.417. The van der Waals surface area contributed by atoms with Gasteiger partial charge in [-0.3, -0.25) is 4.79 Å². The van der Waals surface area contributed by atoms with Crippen molar-refractivity contribution in [1.29, 1.82) is 0 Å². The summed E-state index contributed by atoms with van der Waals surface area (Å²) >= 11 is 0. The Hall–Kier alpha value is -1.42. The zero-order chi connectivity index (χ0) is 11.4. The van der Waals surface area contributed by atoms with Crippen LogP contribution < -0.4 is 10.6 Å². The highest BCUT2D eigenvalue weighted by atomic mass is 19.1. The molecule has 0 aliphatic carbocycles. The van der Waals surface area contributed by atoms with Crippen molar-refractivity contribution < 1.29 is 9.18 Å². The van der Waals surface area contributed by atoms with Gasteiger partial charge in [-0.15, -0.1) is 0 Å². The Bertz CT molecular complexity index is 355. The fourth-order valence-electron chi connectivity index (χ4n) is 1.86. The highest BCUT2D eigenvalue weighted by Gasteiger charge is 2.22. The van der Waals surface area contributed by atoms with E-state index in [0.717, 1.165) is 0 Å². The summed E-state index contributed by atoms with van der Waals surface area (Å²) in [6.07, 6.45) is -0.471. The van der Waals surface area contributed by atoms with E-state index in [1.165, 1.54) is 0 Å². The minimum atomic E-state index is -0.866. The van der Waals surface area contributed by atoms with E-state index in [-0.39, 0.29) is 11.9 Å². The van der Waals surface area contributed by atoms with E-state index in [9.17, 15) is 9.18 Å². The molecular weight excluding hydrogens is 207 g/mol. The fourth-order valence-corrected chi connectivity index (χ4v) is 1.86. The normalized spacial score (nSPS) is 25.1. The van der Waals surface area contributed by atoms with Gasteiger partial charge in [-0.05, 0) is 12.1 Å². The quantitative estimate of drug-likeness (QED) is 0.787. The number of carbonyl (C=O) groups is 1. The van der Waals surface area contributed by atoms with Crippen molar-refractivity contribution >= 4 is 5.91 Å². The Morgan fingerprint density at radius 1 is 1.31 bits per heavy atom. The zero-order valence-corrected chi connectivity index (χ0v) is 8.95. The molecule has 1 aliphatic rings. The van der Waals surface area contributed by atoms with Crippen LogP contribution in [0.3, 0.4) is 0 Å².